The van der Waals surface area contributed by atoms with Gasteiger partial charge < -0.3 is 4.90 Å². The summed E-state index contributed by atoms with van der Waals surface area (Å²) in [6, 6.07) is 23.3. The highest BCUT2D eigenvalue weighted by Crippen LogP contribution is 2.33. The number of fused-ring (bicyclic) bond motifs is 2. The Morgan fingerprint density at radius 2 is 1.43 bits per heavy atom. The van der Waals surface area contributed by atoms with Gasteiger partial charge in [-0.3, -0.25) is 9.59 Å². The first-order chi connectivity index (χ1) is 14.6. The first-order valence-corrected chi connectivity index (χ1v) is 10.2. The molecule has 148 valence electrons. The van der Waals surface area contributed by atoms with Crippen LogP contribution in [0.4, 0.5) is 5.69 Å². The van der Waals surface area contributed by atoms with Crippen LogP contribution in [0.1, 0.15) is 32.6 Å². The van der Waals surface area contributed by atoms with Crippen molar-refractivity contribution >= 4 is 23.1 Å². The Morgan fingerprint density at radius 1 is 0.767 bits per heavy atom. The lowest BCUT2D eigenvalue weighted by Gasteiger charge is -2.32. The van der Waals surface area contributed by atoms with E-state index < -0.39 is 0 Å². The minimum Gasteiger partial charge on any atom is -0.372 e. The van der Waals surface area contributed by atoms with E-state index in [9.17, 15) is 9.59 Å². The van der Waals surface area contributed by atoms with Crippen LogP contribution in [0.25, 0.3) is 5.57 Å². The average Bonchev–Trinajstić information content (AvgIpc) is 2.78. The van der Waals surface area contributed by atoms with Gasteiger partial charge in [0.1, 0.15) is 0 Å². The normalized spacial score (nSPS) is 17.2. The first-order valence-electron chi connectivity index (χ1n) is 10.2. The molecule has 3 aromatic carbocycles. The largest absolute Gasteiger partial charge is 0.372 e. The molecule has 0 aromatic heterocycles. The van der Waals surface area contributed by atoms with Gasteiger partial charge >= 0.3 is 0 Å². The molecule has 4 nitrogen and oxygen atoms in total. The van der Waals surface area contributed by atoms with Crippen molar-refractivity contribution in [2.75, 3.05) is 11.4 Å². The van der Waals surface area contributed by atoms with Crippen LogP contribution in [-0.2, 0) is 17.8 Å². The van der Waals surface area contributed by atoms with Crippen molar-refractivity contribution in [2.24, 2.45) is 0 Å². The Hall–Kier alpha value is -3.66. The Balaban J connectivity index is 1.57. The van der Waals surface area contributed by atoms with Crippen LogP contribution in [-0.4, -0.2) is 23.3 Å². The number of amides is 2. The van der Waals surface area contributed by atoms with Gasteiger partial charge in [0.2, 0.25) is 0 Å². The summed E-state index contributed by atoms with van der Waals surface area (Å²) in [5, 5.41) is 0. The topological polar surface area (TPSA) is 40.6 Å². The zero-order chi connectivity index (χ0) is 20.7. The summed E-state index contributed by atoms with van der Waals surface area (Å²) in [5.41, 5.74) is 6.14. The highest BCUT2D eigenvalue weighted by Gasteiger charge is 2.36. The summed E-state index contributed by atoms with van der Waals surface area (Å²) >= 11 is 0. The lowest BCUT2D eigenvalue weighted by Crippen LogP contribution is -2.42. The number of imide groups is 1. The molecule has 3 aromatic rings. The average molecular weight is 394 g/mol. The van der Waals surface area contributed by atoms with Crippen molar-refractivity contribution in [1.29, 1.82) is 0 Å². The molecule has 0 saturated carbocycles. The second kappa shape index (κ2) is 7.30. The molecule has 0 radical (unpaired) electrons. The third kappa shape index (κ3) is 3.11. The Morgan fingerprint density at radius 3 is 2.20 bits per heavy atom. The maximum atomic E-state index is 13.5. The molecule has 2 amide bonds. The van der Waals surface area contributed by atoms with Crippen LogP contribution in [0.3, 0.4) is 0 Å². The smallest absolute Gasteiger partial charge is 0.267 e. The van der Waals surface area contributed by atoms with Crippen molar-refractivity contribution in [2.45, 2.75) is 19.9 Å². The molecule has 0 spiro atoms. The Labute approximate surface area is 176 Å². The number of aryl methyl sites for hydroxylation is 1. The van der Waals surface area contributed by atoms with Crippen molar-refractivity contribution in [1.82, 2.24) is 4.90 Å². The van der Waals surface area contributed by atoms with Crippen LogP contribution in [0.5, 0.6) is 0 Å². The molecular weight excluding hydrogens is 372 g/mol. The van der Waals surface area contributed by atoms with Gasteiger partial charge in [0, 0.05) is 30.4 Å². The molecule has 30 heavy (non-hydrogen) atoms. The summed E-state index contributed by atoms with van der Waals surface area (Å²) in [5.74, 6) is -0.554. The first kappa shape index (κ1) is 18.4. The van der Waals surface area contributed by atoms with Gasteiger partial charge in [-0.15, -0.1) is 0 Å². The summed E-state index contributed by atoms with van der Waals surface area (Å²) in [6.07, 6.45) is 2.88. The summed E-state index contributed by atoms with van der Waals surface area (Å²) in [7, 11) is 0. The van der Waals surface area contributed by atoms with Crippen LogP contribution >= 0.6 is 0 Å². The minimum absolute atomic E-state index is 0.276. The molecule has 0 bridgehead atoms. The number of carbonyl (C=O) groups is 2. The van der Waals surface area contributed by atoms with E-state index in [2.05, 4.69) is 23.1 Å². The lowest BCUT2D eigenvalue weighted by molar-refractivity contribution is -0.112. The summed E-state index contributed by atoms with van der Waals surface area (Å²) in [6.45, 7) is 3.58. The fraction of sp³-hybridized carbons (Fsp3) is 0.154. The second-order valence-electron chi connectivity index (χ2n) is 7.86. The van der Waals surface area contributed by atoms with E-state index in [1.165, 1.54) is 16.0 Å². The van der Waals surface area contributed by atoms with Gasteiger partial charge in [0.05, 0.1) is 11.3 Å². The van der Waals surface area contributed by atoms with Gasteiger partial charge in [0.25, 0.3) is 11.8 Å². The van der Waals surface area contributed by atoms with Crippen LogP contribution in [0, 0.1) is 6.92 Å². The van der Waals surface area contributed by atoms with Crippen molar-refractivity contribution < 1.29 is 9.59 Å². The molecule has 0 fully saturated rings. The van der Waals surface area contributed by atoms with E-state index in [1.54, 1.807) is 6.07 Å². The van der Waals surface area contributed by atoms with Gasteiger partial charge in [-0.05, 0) is 42.7 Å². The third-order valence-electron chi connectivity index (χ3n) is 5.85. The Bertz CT molecular complexity index is 1180. The number of benzene rings is 3. The predicted octanol–water partition coefficient (Wildman–Crippen LogP) is 4.58. The number of rotatable bonds is 2. The zero-order valence-corrected chi connectivity index (χ0v) is 16.8. The van der Waals surface area contributed by atoms with E-state index in [4.69, 9.17) is 0 Å². The van der Waals surface area contributed by atoms with E-state index in [1.807, 2.05) is 61.7 Å². The fourth-order valence-electron chi connectivity index (χ4n) is 4.22. The molecule has 0 N–H and O–H groups in total. The molecule has 0 aliphatic carbocycles. The molecule has 0 saturated heterocycles. The molecule has 2 heterocycles. The minimum atomic E-state index is -0.277. The predicted molar refractivity (Wildman–Crippen MR) is 118 cm³/mol. The van der Waals surface area contributed by atoms with E-state index >= 15 is 0 Å². The van der Waals surface area contributed by atoms with Crippen LogP contribution in [0.2, 0.25) is 0 Å². The summed E-state index contributed by atoms with van der Waals surface area (Å²) < 4.78 is 0. The maximum Gasteiger partial charge on any atom is 0.267 e. The van der Waals surface area contributed by atoms with E-state index in [0.717, 1.165) is 25.1 Å². The third-order valence-corrected chi connectivity index (χ3v) is 5.85. The van der Waals surface area contributed by atoms with Gasteiger partial charge in [-0.2, -0.15) is 0 Å². The number of anilines is 1. The molecule has 2 aliphatic rings. The number of hydrogen-bond acceptors (Lipinski definition) is 3. The van der Waals surface area contributed by atoms with E-state index in [0.29, 0.717) is 22.4 Å². The van der Waals surface area contributed by atoms with Crippen molar-refractivity contribution in [3.05, 3.63) is 107 Å². The highest BCUT2D eigenvalue weighted by molar-refractivity contribution is 6.41. The number of nitrogens with zero attached hydrogens (tertiary/aromatic N) is 2. The lowest BCUT2D eigenvalue weighted by atomic mass is 9.93. The number of hydrogen-bond donors (Lipinski definition) is 0. The quantitative estimate of drug-likeness (QED) is 0.472. The van der Waals surface area contributed by atoms with Gasteiger partial charge in [-0.1, -0.05) is 60.2 Å². The van der Waals surface area contributed by atoms with Gasteiger partial charge in [-0.25, -0.2) is 4.90 Å². The fourth-order valence-corrected chi connectivity index (χ4v) is 4.22. The molecule has 5 rings (SSSR count). The van der Waals surface area contributed by atoms with Crippen molar-refractivity contribution in [3.63, 3.8) is 0 Å². The molecule has 2 aliphatic heterocycles. The molecule has 0 atom stereocenters. The second-order valence-corrected chi connectivity index (χ2v) is 7.86. The van der Waals surface area contributed by atoms with Crippen LogP contribution in [0.15, 0.2) is 79.0 Å². The summed E-state index contributed by atoms with van der Waals surface area (Å²) in [4.78, 5) is 30.2. The zero-order valence-electron chi connectivity index (χ0n) is 16.8. The van der Waals surface area contributed by atoms with Crippen LogP contribution < -0.4 is 4.90 Å². The molecular formula is C26H22N2O2. The monoisotopic (exact) mass is 394 g/mol. The maximum absolute atomic E-state index is 13.5. The Kier molecular flexibility index (Phi) is 4.47. The van der Waals surface area contributed by atoms with Gasteiger partial charge in [0.15, 0.2) is 0 Å². The van der Waals surface area contributed by atoms with E-state index in [-0.39, 0.29) is 11.8 Å². The highest BCUT2D eigenvalue weighted by atomic mass is 16.2. The molecule has 4 heteroatoms. The van der Waals surface area contributed by atoms with Crippen molar-refractivity contribution in [3.8, 4) is 0 Å². The standard InChI is InChI=1S/C26H22N2O2/c1-18-10-12-21(13-11-18)28-25(29)23-9-5-4-8-22(23)24(26(28)30)17-27-15-14-19-6-2-3-7-20(19)16-27/h2-13,17H,14-16H2,1H3/b24-17-. The number of carbonyl (C=O) groups excluding carboxylic acids is 2. The SMILES string of the molecule is Cc1ccc(N2C(=O)/C(=C\N3CCc4ccccc4C3)c3ccccc3C2=O)cc1. The molecule has 0 unspecified atom stereocenters.